The molecule has 0 aromatic carbocycles. The second-order valence-corrected chi connectivity index (χ2v) is 5.04. The first-order valence-corrected chi connectivity index (χ1v) is 6.65. The lowest BCUT2D eigenvalue weighted by Crippen LogP contribution is -2.14. The van der Waals surface area contributed by atoms with Crippen LogP contribution in [0.4, 0.5) is 5.82 Å². The van der Waals surface area contributed by atoms with Crippen LogP contribution in [0.25, 0.3) is 5.65 Å². The van der Waals surface area contributed by atoms with E-state index < -0.39 is 0 Å². The molecule has 110 valence electrons. The molecule has 0 atom stereocenters. The number of H-pyrrole nitrogens is 1. The number of nitrogens with zero attached hydrogens (tertiary/aromatic N) is 5. The Labute approximate surface area is 120 Å². The molecule has 2 N–H and O–H groups in total. The molecule has 0 saturated heterocycles. The number of fused-ring (bicyclic) bond motifs is 1. The van der Waals surface area contributed by atoms with Crippen LogP contribution in [-0.4, -0.2) is 29.4 Å². The Balaban J connectivity index is 1.90. The van der Waals surface area contributed by atoms with Crippen molar-refractivity contribution < 1.29 is 0 Å². The Bertz CT molecular complexity index is 871. The lowest BCUT2D eigenvalue weighted by atomic mass is 10.2. The van der Waals surface area contributed by atoms with Crippen LogP contribution in [0.2, 0.25) is 0 Å². The maximum Gasteiger partial charge on any atom is 0.349 e. The van der Waals surface area contributed by atoms with E-state index in [0.29, 0.717) is 23.8 Å². The molecule has 0 fully saturated rings. The molecule has 0 bridgehead atoms. The first kappa shape index (κ1) is 13.3. The minimum Gasteiger partial charge on any atom is -0.366 e. The molecule has 0 unspecified atom stereocenters. The van der Waals surface area contributed by atoms with Gasteiger partial charge in [0.2, 0.25) is 0 Å². The van der Waals surface area contributed by atoms with Crippen LogP contribution in [-0.2, 0) is 13.6 Å². The molecular weight excluding hydrogens is 270 g/mol. The minimum atomic E-state index is -0.277. The first-order chi connectivity index (χ1) is 9.97. The number of aromatic amines is 1. The Kier molecular flexibility index (Phi) is 3.00. The normalized spacial score (nSPS) is 11.2. The molecule has 21 heavy (non-hydrogen) atoms. The van der Waals surface area contributed by atoms with Gasteiger partial charge in [-0.2, -0.15) is 10.2 Å². The van der Waals surface area contributed by atoms with Crippen LogP contribution in [0, 0.1) is 20.8 Å². The van der Waals surface area contributed by atoms with Gasteiger partial charge in [0, 0.05) is 30.9 Å². The van der Waals surface area contributed by atoms with Gasteiger partial charge >= 0.3 is 5.69 Å². The van der Waals surface area contributed by atoms with Crippen LogP contribution in [0.1, 0.15) is 22.8 Å². The fourth-order valence-corrected chi connectivity index (χ4v) is 2.44. The highest BCUT2D eigenvalue weighted by molar-refractivity contribution is 5.50. The summed E-state index contributed by atoms with van der Waals surface area (Å²) in [6.07, 6.45) is 0. The van der Waals surface area contributed by atoms with Crippen molar-refractivity contribution in [2.24, 2.45) is 7.05 Å². The molecule has 8 heteroatoms. The maximum absolute atomic E-state index is 11.6. The summed E-state index contributed by atoms with van der Waals surface area (Å²) < 4.78 is 3.30. The third-order valence-corrected chi connectivity index (χ3v) is 3.68. The van der Waals surface area contributed by atoms with Gasteiger partial charge in [-0.15, -0.1) is 0 Å². The molecule has 0 aliphatic rings. The van der Waals surface area contributed by atoms with E-state index in [0.717, 1.165) is 17.0 Å². The van der Waals surface area contributed by atoms with E-state index in [4.69, 9.17) is 0 Å². The lowest BCUT2D eigenvalue weighted by molar-refractivity contribution is 0.730. The average Bonchev–Trinajstić information content (AvgIpc) is 2.90. The van der Waals surface area contributed by atoms with Gasteiger partial charge in [0.15, 0.2) is 5.65 Å². The van der Waals surface area contributed by atoms with Crippen molar-refractivity contribution in [3.8, 4) is 0 Å². The van der Waals surface area contributed by atoms with Crippen molar-refractivity contribution in [3.05, 3.63) is 39.3 Å². The molecule has 0 aliphatic heterocycles. The molecule has 3 aromatic heterocycles. The quantitative estimate of drug-likeness (QED) is 0.739. The van der Waals surface area contributed by atoms with E-state index in [9.17, 15) is 4.79 Å². The fraction of sp³-hybridized carbons (Fsp3) is 0.385. The molecule has 0 amide bonds. The second kappa shape index (κ2) is 4.72. The number of nitrogens with one attached hydrogen (secondary N) is 2. The smallest absolute Gasteiger partial charge is 0.349 e. The van der Waals surface area contributed by atoms with Gasteiger partial charge in [-0.3, -0.25) is 4.68 Å². The van der Waals surface area contributed by atoms with Crippen LogP contribution in [0.3, 0.4) is 0 Å². The van der Waals surface area contributed by atoms with E-state index in [1.54, 1.807) is 13.0 Å². The highest BCUT2D eigenvalue weighted by Gasteiger charge is 2.11. The first-order valence-electron chi connectivity index (χ1n) is 6.65. The molecule has 8 nitrogen and oxygen atoms in total. The summed E-state index contributed by atoms with van der Waals surface area (Å²) in [7, 11) is 1.93. The van der Waals surface area contributed by atoms with E-state index in [2.05, 4.69) is 25.6 Å². The molecule has 0 radical (unpaired) electrons. The molecule has 3 heterocycles. The Morgan fingerprint density at radius 2 is 2.10 bits per heavy atom. The van der Waals surface area contributed by atoms with Gasteiger partial charge in [0.05, 0.1) is 5.69 Å². The topological polar surface area (TPSA) is 92.9 Å². The third-order valence-electron chi connectivity index (χ3n) is 3.68. The zero-order valence-electron chi connectivity index (χ0n) is 12.4. The summed E-state index contributed by atoms with van der Waals surface area (Å²) in [6, 6.07) is 1.74. The largest absolute Gasteiger partial charge is 0.366 e. The summed E-state index contributed by atoms with van der Waals surface area (Å²) in [5.74, 6) is 1.27. The van der Waals surface area contributed by atoms with Crippen molar-refractivity contribution in [1.82, 2.24) is 29.4 Å². The Morgan fingerprint density at radius 1 is 1.33 bits per heavy atom. The number of rotatable bonds is 3. The zero-order chi connectivity index (χ0) is 15.1. The van der Waals surface area contributed by atoms with Crippen LogP contribution < -0.4 is 11.0 Å². The summed E-state index contributed by atoms with van der Waals surface area (Å²) in [4.78, 5) is 15.9. The fourth-order valence-electron chi connectivity index (χ4n) is 2.44. The number of hydrogen-bond donors (Lipinski definition) is 2. The van der Waals surface area contributed by atoms with Gasteiger partial charge in [0.1, 0.15) is 11.6 Å². The molecule has 3 rings (SSSR count). The van der Waals surface area contributed by atoms with Crippen molar-refractivity contribution in [2.75, 3.05) is 5.32 Å². The van der Waals surface area contributed by atoms with E-state index in [1.165, 1.54) is 4.40 Å². The minimum absolute atomic E-state index is 0.277. The molecule has 0 saturated carbocycles. The predicted molar refractivity (Wildman–Crippen MR) is 78.4 cm³/mol. The Morgan fingerprint density at radius 3 is 2.76 bits per heavy atom. The number of aromatic nitrogens is 6. The standard InChI is InChI=1S/C13H17N7O/c1-7-10(8(2)19(4)18-7)6-14-11-5-12-16-17-13(21)20(12)9(3)15-11/h5,14H,6H2,1-4H3,(H,17,21). The Hall–Kier alpha value is -2.64. The molecular formula is C13H17N7O. The number of hydrogen-bond acceptors (Lipinski definition) is 5. The van der Waals surface area contributed by atoms with Gasteiger partial charge in [-0.05, 0) is 20.8 Å². The SMILES string of the molecule is Cc1nn(C)c(C)c1CNc1cc2n[nH]c(=O)n2c(C)n1. The van der Waals surface area contributed by atoms with Crippen molar-refractivity contribution in [2.45, 2.75) is 27.3 Å². The number of anilines is 1. The van der Waals surface area contributed by atoms with Gasteiger partial charge in [-0.1, -0.05) is 0 Å². The number of aryl methyl sites for hydroxylation is 3. The van der Waals surface area contributed by atoms with Crippen LogP contribution >= 0.6 is 0 Å². The maximum atomic E-state index is 11.6. The molecule has 3 aromatic rings. The third kappa shape index (κ3) is 2.18. The van der Waals surface area contributed by atoms with E-state index in [1.807, 2.05) is 25.6 Å². The van der Waals surface area contributed by atoms with Crippen LogP contribution in [0.15, 0.2) is 10.9 Å². The van der Waals surface area contributed by atoms with Crippen molar-refractivity contribution in [1.29, 1.82) is 0 Å². The molecule has 0 aliphatic carbocycles. The lowest BCUT2D eigenvalue weighted by Gasteiger charge is -2.07. The highest BCUT2D eigenvalue weighted by Crippen LogP contribution is 2.15. The average molecular weight is 287 g/mol. The summed E-state index contributed by atoms with van der Waals surface area (Å²) in [6.45, 7) is 6.42. The van der Waals surface area contributed by atoms with Gasteiger partial charge in [-0.25, -0.2) is 19.3 Å². The zero-order valence-corrected chi connectivity index (χ0v) is 12.4. The van der Waals surface area contributed by atoms with E-state index >= 15 is 0 Å². The second-order valence-electron chi connectivity index (χ2n) is 5.04. The van der Waals surface area contributed by atoms with E-state index in [-0.39, 0.29) is 5.69 Å². The molecule has 0 spiro atoms. The van der Waals surface area contributed by atoms with Crippen molar-refractivity contribution >= 4 is 11.5 Å². The summed E-state index contributed by atoms with van der Waals surface area (Å²) in [5.41, 5.74) is 3.54. The van der Waals surface area contributed by atoms with Gasteiger partial charge < -0.3 is 5.32 Å². The predicted octanol–water partition coefficient (Wildman–Crippen LogP) is 0.688. The summed E-state index contributed by atoms with van der Waals surface area (Å²) in [5, 5.41) is 14.0. The monoisotopic (exact) mass is 287 g/mol. The van der Waals surface area contributed by atoms with Crippen molar-refractivity contribution in [3.63, 3.8) is 0 Å². The van der Waals surface area contributed by atoms with Gasteiger partial charge in [0.25, 0.3) is 0 Å². The summed E-state index contributed by atoms with van der Waals surface area (Å²) >= 11 is 0. The van der Waals surface area contributed by atoms with Crippen LogP contribution in [0.5, 0.6) is 0 Å². The highest BCUT2D eigenvalue weighted by atomic mass is 16.1.